The Bertz CT molecular complexity index is 670. The third-order valence-electron chi connectivity index (χ3n) is 4.81. The zero-order valence-corrected chi connectivity index (χ0v) is 14.2. The molecule has 3 rings (SSSR count). The molecule has 0 bridgehead atoms. The fourth-order valence-electron chi connectivity index (χ4n) is 3.55. The van der Waals surface area contributed by atoms with Gasteiger partial charge in [0.25, 0.3) is 0 Å². The van der Waals surface area contributed by atoms with E-state index < -0.39 is 0 Å². The van der Waals surface area contributed by atoms with Gasteiger partial charge < -0.3 is 10.4 Å². The van der Waals surface area contributed by atoms with Crippen molar-refractivity contribution in [1.29, 1.82) is 0 Å². The molecule has 0 unspecified atom stereocenters. The van der Waals surface area contributed by atoms with Crippen molar-refractivity contribution in [3.05, 3.63) is 65.2 Å². The average Bonchev–Trinajstić information content (AvgIpc) is 2.53. The lowest BCUT2D eigenvalue weighted by Gasteiger charge is -2.43. The molecule has 0 aliphatic carbocycles. The second kappa shape index (κ2) is 6.73. The third-order valence-corrected chi connectivity index (χ3v) is 4.81. The normalized spacial score (nSPS) is 23.6. The van der Waals surface area contributed by atoms with Gasteiger partial charge in [0.2, 0.25) is 0 Å². The van der Waals surface area contributed by atoms with E-state index in [9.17, 15) is 5.11 Å². The predicted octanol–water partition coefficient (Wildman–Crippen LogP) is 3.47. The molecule has 0 saturated carbocycles. The molecular formula is C20H26N2O. The lowest BCUT2D eigenvalue weighted by molar-refractivity contribution is 0.113. The van der Waals surface area contributed by atoms with E-state index in [0.29, 0.717) is 17.8 Å². The Labute approximate surface area is 139 Å². The quantitative estimate of drug-likeness (QED) is 0.911. The fraction of sp³-hybridized carbons (Fsp3) is 0.400. The Morgan fingerprint density at radius 2 is 1.91 bits per heavy atom. The molecule has 1 saturated heterocycles. The number of hydrogen-bond acceptors (Lipinski definition) is 3. The molecule has 2 aromatic carbocycles. The molecule has 23 heavy (non-hydrogen) atoms. The topological polar surface area (TPSA) is 35.5 Å². The van der Waals surface area contributed by atoms with Crippen LogP contribution in [-0.2, 0) is 0 Å². The van der Waals surface area contributed by atoms with Crippen molar-refractivity contribution in [3.63, 3.8) is 0 Å². The van der Waals surface area contributed by atoms with Gasteiger partial charge in [-0.1, -0.05) is 36.4 Å². The largest absolute Gasteiger partial charge is 0.508 e. The van der Waals surface area contributed by atoms with Gasteiger partial charge in [0.15, 0.2) is 0 Å². The molecule has 0 spiro atoms. The van der Waals surface area contributed by atoms with Gasteiger partial charge in [0, 0.05) is 25.2 Å². The summed E-state index contributed by atoms with van der Waals surface area (Å²) in [6, 6.07) is 17.3. The average molecular weight is 310 g/mol. The number of aromatic hydroxyl groups is 1. The van der Waals surface area contributed by atoms with Crippen LogP contribution in [0.5, 0.6) is 5.75 Å². The van der Waals surface area contributed by atoms with Gasteiger partial charge in [-0.3, -0.25) is 4.90 Å². The number of nitrogens with one attached hydrogen (secondary N) is 1. The Balaban J connectivity index is 2.08. The first-order valence-corrected chi connectivity index (χ1v) is 8.40. The van der Waals surface area contributed by atoms with Crippen molar-refractivity contribution in [2.75, 3.05) is 13.1 Å². The first-order valence-electron chi connectivity index (χ1n) is 8.40. The number of aryl methyl sites for hydroxylation is 1. The minimum Gasteiger partial charge on any atom is -0.508 e. The molecule has 0 aromatic heterocycles. The van der Waals surface area contributed by atoms with Crippen LogP contribution in [0, 0.1) is 6.92 Å². The van der Waals surface area contributed by atoms with Crippen molar-refractivity contribution < 1.29 is 5.11 Å². The Hall–Kier alpha value is -1.84. The highest BCUT2D eigenvalue weighted by molar-refractivity contribution is 5.40. The second-order valence-corrected chi connectivity index (χ2v) is 6.71. The summed E-state index contributed by atoms with van der Waals surface area (Å²) in [6.45, 7) is 8.66. The molecule has 2 aromatic rings. The molecule has 0 amide bonds. The van der Waals surface area contributed by atoms with Crippen molar-refractivity contribution in [1.82, 2.24) is 10.2 Å². The van der Waals surface area contributed by atoms with Crippen molar-refractivity contribution in [3.8, 4) is 5.75 Å². The zero-order valence-electron chi connectivity index (χ0n) is 14.2. The number of benzene rings is 2. The Morgan fingerprint density at radius 3 is 2.65 bits per heavy atom. The maximum atomic E-state index is 9.96. The number of nitrogens with zero attached hydrogens (tertiary/aromatic N) is 1. The van der Waals surface area contributed by atoms with E-state index in [1.165, 1.54) is 11.1 Å². The van der Waals surface area contributed by atoms with Crippen LogP contribution in [0.15, 0.2) is 48.5 Å². The molecule has 122 valence electrons. The summed E-state index contributed by atoms with van der Waals surface area (Å²) in [4.78, 5) is 2.55. The van der Waals surface area contributed by atoms with Crippen LogP contribution in [-0.4, -0.2) is 35.2 Å². The Morgan fingerprint density at radius 1 is 1.13 bits per heavy atom. The standard InChI is InChI=1S/C20H26N2O/c1-14-7-4-5-10-19(14)20(17-8-6-9-18(23)11-17)22-13-15(2)21-12-16(22)3/h4-11,15-16,20-21,23H,12-13H2,1-3H3/t15-,16+,20+/m1/s1. The third kappa shape index (κ3) is 3.41. The van der Waals surface area contributed by atoms with Crippen molar-refractivity contribution in [2.24, 2.45) is 0 Å². The summed E-state index contributed by atoms with van der Waals surface area (Å²) in [5, 5.41) is 13.5. The van der Waals surface area contributed by atoms with Gasteiger partial charge in [-0.2, -0.15) is 0 Å². The monoisotopic (exact) mass is 310 g/mol. The number of hydrogen-bond donors (Lipinski definition) is 2. The van der Waals surface area contributed by atoms with Gasteiger partial charge in [0.05, 0.1) is 6.04 Å². The zero-order chi connectivity index (χ0) is 16.4. The van der Waals surface area contributed by atoms with Gasteiger partial charge in [-0.25, -0.2) is 0 Å². The molecule has 1 fully saturated rings. The lowest BCUT2D eigenvalue weighted by Crippen LogP contribution is -2.55. The van der Waals surface area contributed by atoms with Crippen molar-refractivity contribution in [2.45, 2.75) is 38.9 Å². The molecule has 3 nitrogen and oxygen atoms in total. The highest BCUT2D eigenvalue weighted by atomic mass is 16.3. The van der Waals surface area contributed by atoms with Crippen LogP contribution in [0.2, 0.25) is 0 Å². The maximum absolute atomic E-state index is 9.96. The van der Waals surface area contributed by atoms with Crippen LogP contribution in [0.1, 0.15) is 36.6 Å². The van der Waals surface area contributed by atoms with E-state index in [4.69, 9.17) is 0 Å². The van der Waals surface area contributed by atoms with Gasteiger partial charge in [-0.05, 0) is 49.6 Å². The van der Waals surface area contributed by atoms with Crippen LogP contribution >= 0.6 is 0 Å². The number of phenols is 1. The van der Waals surface area contributed by atoms with Crippen molar-refractivity contribution >= 4 is 0 Å². The van der Waals surface area contributed by atoms with Crippen LogP contribution in [0.4, 0.5) is 0 Å². The molecule has 3 atom stereocenters. The minimum absolute atomic E-state index is 0.169. The summed E-state index contributed by atoms with van der Waals surface area (Å²) >= 11 is 0. The first-order chi connectivity index (χ1) is 11.1. The van der Waals surface area contributed by atoms with Crippen LogP contribution in [0.3, 0.4) is 0 Å². The molecule has 1 aliphatic heterocycles. The fourth-order valence-corrected chi connectivity index (χ4v) is 3.55. The van der Waals surface area contributed by atoms with Crippen LogP contribution < -0.4 is 5.32 Å². The van der Waals surface area contributed by atoms with E-state index in [0.717, 1.165) is 18.7 Å². The Kier molecular flexibility index (Phi) is 4.69. The highest BCUT2D eigenvalue weighted by Gasteiger charge is 2.31. The predicted molar refractivity (Wildman–Crippen MR) is 94.8 cm³/mol. The van der Waals surface area contributed by atoms with E-state index in [1.807, 2.05) is 12.1 Å². The summed E-state index contributed by atoms with van der Waals surface area (Å²) in [5.74, 6) is 0.330. The smallest absolute Gasteiger partial charge is 0.115 e. The molecule has 1 heterocycles. The molecule has 1 aliphatic rings. The molecule has 2 N–H and O–H groups in total. The van der Waals surface area contributed by atoms with E-state index in [2.05, 4.69) is 61.3 Å². The first kappa shape index (κ1) is 16.0. The number of phenolic OH excluding ortho intramolecular Hbond substituents is 1. The summed E-state index contributed by atoms with van der Waals surface area (Å²) in [5.41, 5.74) is 3.76. The van der Waals surface area contributed by atoms with Crippen LogP contribution in [0.25, 0.3) is 0 Å². The van der Waals surface area contributed by atoms with Gasteiger partial charge in [0.1, 0.15) is 5.75 Å². The highest BCUT2D eigenvalue weighted by Crippen LogP contribution is 2.34. The van der Waals surface area contributed by atoms with Gasteiger partial charge in [-0.15, -0.1) is 0 Å². The second-order valence-electron chi connectivity index (χ2n) is 6.71. The number of piperazine rings is 1. The SMILES string of the molecule is Cc1ccccc1[C@H](c1cccc(O)c1)N1C[C@@H](C)NC[C@@H]1C. The molecule has 0 radical (unpaired) electrons. The molecular weight excluding hydrogens is 284 g/mol. The number of rotatable bonds is 3. The molecule has 3 heteroatoms. The van der Waals surface area contributed by atoms with Gasteiger partial charge >= 0.3 is 0 Å². The lowest BCUT2D eigenvalue weighted by atomic mass is 9.91. The van der Waals surface area contributed by atoms with E-state index in [1.54, 1.807) is 6.07 Å². The van der Waals surface area contributed by atoms with E-state index >= 15 is 0 Å². The summed E-state index contributed by atoms with van der Waals surface area (Å²) in [6.07, 6.45) is 0. The summed E-state index contributed by atoms with van der Waals surface area (Å²) < 4.78 is 0. The minimum atomic E-state index is 0.169. The van der Waals surface area contributed by atoms with E-state index in [-0.39, 0.29) is 6.04 Å². The summed E-state index contributed by atoms with van der Waals surface area (Å²) in [7, 11) is 0. The maximum Gasteiger partial charge on any atom is 0.115 e.